The lowest BCUT2D eigenvalue weighted by molar-refractivity contribution is -0.126. The molecule has 0 rings (SSSR count). The average molecular weight is 183 g/mol. The SMILES string of the molecule is C#CCCNC(=O)C(N)CC(N)=O. The summed E-state index contributed by atoms with van der Waals surface area (Å²) >= 11 is 0. The zero-order valence-electron chi connectivity index (χ0n) is 7.25. The zero-order chi connectivity index (χ0) is 10.3. The van der Waals surface area contributed by atoms with Crippen LogP contribution in [0.15, 0.2) is 0 Å². The van der Waals surface area contributed by atoms with Crippen molar-refractivity contribution in [1.29, 1.82) is 0 Å². The first-order chi connectivity index (χ1) is 6.07. The zero-order valence-corrected chi connectivity index (χ0v) is 7.25. The molecular weight excluding hydrogens is 170 g/mol. The fourth-order valence-corrected chi connectivity index (χ4v) is 0.698. The molecule has 13 heavy (non-hydrogen) atoms. The lowest BCUT2D eigenvalue weighted by Crippen LogP contribution is -2.43. The summed E-state index contributed by atoms with van der Waals surface area (Å²) in [6.07, 6.45) is 5.25. The molecule has 1 atom stereocenters. The lowest BCUT2D eigenvalue weighted by Gasteiger charge is -2.08. The molecule has 72 valence electrons. The smallest absolute Gasteiger partial charge is 0.237 e. The number of hydrogen-bond acceptors (Lipinski definition) is 3. The van der Waals surface area contributed by atoms with Crippen molar-refractivity contribution in [2.45, 2.75) is 18.9 Å². The molecule has 0 fully saturated rings. The second-order valence-electron chi connectivity index (χ2n) is 2.52. The first-order valence-electron chi connectivity index (χ1n) is 3.83. The summed E-state index contributed by atoms with van der Waals surface area (Å²) in [7, 11) is 0. The molecule has 0 aliphatic heterocycles. The number of rotatable bonds is 5. The van der Waals surface area contributed by atoms with Crippen LogP contribution in [0.4, 0.5) is 0 Å². The van der Waals surface area contributed by atoms with Crippen LogP contribution in [0.5, 0.6) is 0 Å². The first kappa shape index (κ1) is 11.5. The average Bonchev–Trinajstić information content (AvgIpc) is 2.03. The predicted molar refractivity (Wildman–Crippen MR) is 48.2 cm³/mol. The Kier molecular flexibility index (Phi) is 5.32. The van der Waals surface area contributed by atoms with E-state index in [4.69, 9.17) is 17.9 Å². The van der Waals surface area contributed by atoms with Gasteiger partial charge in [-0.25, -0.2) is 0 Å². The van der Waals surface area contributed by atoms with Crippen molar-refractivity contribution in [1.82, 2.24) is 5.32 Å². The van der Waals surface area contributed by atoms with Crippen molar-refractivity contribution in [3.8, 4) is 12.3 Å². The number of hydrogen-bond donors (Lipinski definition) is 3. The highest BCUT2D eigenvalue weighted by Gasteiger charge is 2.14. The quantitative estimate of drug-likeness (QED) is 0.351. The van der Waals surface area contributed by atoms with Gasteiger partial charge in [0.1, 0.15) is 0 Å². The highest BCUT2D eigenvalue weighted by molar-refractivity contribution is 5.87. The second kappa shape index (κ2) is 6.03. The topological polar surface area (TPSA) is 98.2 Å². The molecule has 0 aliphatic rings. The highest BCUT2D eigenvalue weighted by Crippen LogP contribution is 1.86. The van der Waals surface area contributed by atoms with Gasteiger partial charge in [0, 0.05) is 13.0 Å². The van der Waals surface area contributed by atoms with Gasteiger partial charge in [0.2, 0.25) is 11.8 Å². The van der Waals surface area contributed by atoms with Crippen LogP contribution >= 0.6 is 0 Å². The minimum absolute atomic E-state index is 0.151. The van der Waals surface area contributed by atoms with Crippen molar-refractivity contribution in [2.75, 3.05) is 6.54 Å². The fourth-order valence-electron chi connectivity index (χ4n) is 0.698. The van der Waals surface area contributed by atoms with Gasteiger partial charge in [0.15, 0.2) is 0 Å². The van der Waals surface area contributed by atoms with Gasteiger partial charge in [0.25, 0.3) is 0 Å². The monoisotopic (exact) mass is 183 g/mol. The van der Waals surface area contributed by atoms with Crippen LogP contribution in [0.3, 0.4) is 0 Å². The third-order valence-electron chi connectivity index (χ3n) is 1.33. The van der Waals surface area contributed by atoms with Crippen molar-refractivity contribution < 1.29 is 9.59 Å². The Labute approximate surface area is 76.8 Å². The van der Waals surface area contributed by atoms with E-state index >= 15 is 0 Å². The van der Waals surface area contributed by atoms with Gasteiger partial charge in [-0.15, -0.1) is 12.3 Å². The molecule has 0 spiro atoms. The Morgan fingerprint density at radius 3 is 2.62 bits per heavy atom. The maximum Gasteiger partial charge on any atom is 0.237 e. The Hall–Kier alpha value is -1.54. The standard InChI is InChI=1S/C8H13N3O2/c1-2-3-4-11-8(13)6(9)5-7(10)12/h1,6H,3-5,9H2,(H2,10,12)(H,11,13). The predicted octanol–water partition coefficient (Wildman–Crippen LogP) is -1.67. The molecule has 0 heterocycles. The normalized spacial score (nSPS) is 11.4. The molecule has 2 amide bonds. The van der Waals surface area contributed by atoms with E-state index < -0.39 is 17.9 Å². The summed E-state index contributed by atoms with van der Waals surface area (Å²) in [6.45, 7) is 0.363. The van der Waals surface area contributed by atoms with Crippen molar-refractivity contribution >= 4 is 11.8 Å². The molecule has 1 unspecified atom stereocenters. The van der Waals surface area contributed by atoms with Gasteiger partial charge < -0.3 is 16.8 Å². The molecular formula is C8H13N3O2. The summed E-state index contributed by atoms with van der Waals surface area (Å²) in [6, 6.07) is -0.879. The molecule has 5 heteroatoms. The van der Waals surface area contributed by atoms with E-state index in [9.17, 15) is 9.59 Å². The number of carbonyl (C=O) groups is 2. The van der Waals surface area contributed by atoms with Crippen molar-refractivity contribution in [2.24, 2.45) is 11.5 Å². The highest BCUT2D eigenvalue weighted by atomic mass is 16.2. The number of nitrogens with two attached hydrogens (primary N) is 2. The summed E-state index contributed by atoms with van der Waals surface area (Å²) in [5, 5.41) is 2.47. The van der Waals surface area contributed by atoms with E-state index in [0.29, 0.717) is 13.0 Å². The molecule has 0 aromatic rings. The molecule has 0 saturated carbocycles. The molecule has 0 radical (unpaired) electrons. The fraction of sp³-hybridized carbons (Fsp3) is 0.500. The second-order valence-corrected chi connectivity index (χ2v) is 2.52. The van der Waals surface area contributed by atoms with Gasteiger partial charge in [-0.1, -0.05) is 0 Å². The van der Waals surface area contributed by atoms with E-state index in [1.54, 1.807) is 0 Å². The maximum absolute atomic E-state index is 11.0. The first-order valence-corrected chi connectivity index (χ1v) is 3.83. The Balaban J connectivity index is 3.71. The molecule has 0 aromatic carbocycles. The van der Waals surface area contributed by atoms with Gasteiger partial charge in [-0.3, -0.25) is 9.59 Å². The van der Waals surface area contributed by atoms with Gasteiger partial charge >= 0.3 is 0 Å². The Bertz CT molecular complexity index is 232. The van der Waals surface area contributed by atoms with Crippen LogP contribution in [0.2, 0.25) is 0 Å². The van der Waals surface area contributed by atoms with E-state index in [2.05, 4.69) is 11.2 Å². The number of carbonyl (C=O) groups excluding carboxylic acids is 2. The van der Waals surface area contributed by atoms with Gasteiger partial charge in [-0.05, 0) is 0 Å². The van der Waals surface area contributed by atoms with Crippen LogP contribution in [0, 0.1) is 12.3 Å². The minimum Gasteiger partial charge on any atom is -0.370 e. The maximum atomic E-state index is 11.0. The lowest BCUT2D eigenvalue weighted by atomic mass is 10.2. The molecule has 0 bridgehead atoms. The van der Waals surface area contributed by atoms with E-state index in [0.717, 1.165) is 0 Å². The Morgan fingerprint density at radius 2 is 2.15 bits per heavy atom. The van der Waals surface area contributed by atoms with E-state index in [1.165, 1.54) is 0 Å². The Morgan fingerprint density at radius 1 is 1.54 bits per heavy atom. The van der Waals surface area contributed by atoms with Gasteiger partial charge in [0.05, 0.1) is 12.5 Å². The van der Waals surface area contributed by atoms with Crippen LogP contribution in [0.25, 0.3) is 0 Å². The summed E-state index contributed by atoms with van der Waals surface area (Å²) in [4.78, 5) is 21.4. The van der Waals surface area contributed by atoms with Gasteiger partial charge in [-0.2, -0.15) is 0 Å². The number of primary amides is 1. The number of amides is 2. The number of terminal acetylenes is 1. The third-order valence-corrected chi connectivity index (χ3v) is 1.33. The molecule has 5 N–H and O–H groups in total. The third kappa shape index (κ3) is 5.70. The van der Waals surface area contributed by atoms with E-state index in [1.807, 2.05) is 0 Å². The number of nitrogens with one attached hydrogen (secondary N) is 1. The van der Waals surface area contributed by atoms with E-state index in [-0.39, 0.29) is 6.42 Å². The molecule has 5 nitrogen and oxygen atoms in total. The minimum atomic E-state index is -0.879. The van der Waals surface area contributed by atoms with Crippen LogP contribution in [0.1, 0.15) is 12.8 Å². The largest absolute Gasteiger partial charge is 0.370 e. The van der Waals surface area contributed by atoms with Crippen LogP contribution in [-0.2, 0) is 9.59 Å². The molecule has 0 aliphatic carbocycles. The van der Waals surface area contributed by atoms with Crippen LogP contribution < -0.4 is 16.8 Å². The molecule has 0 aromatic heterocycles. The van der Waals surface area contributed by atoms with Crippen molar-refractivity contribution in [3.63, 3.8) is 0 Å². The summed E-state index contributed by atoms with van der Waals surface area (Å²) in [5.41, 5.74) is 10.2. The van der Waals surface area contributed by atoms with Crippen LogP contribution in [-0.4, -0.2) is 24.4 Å². The summed E-state index contributed by atoms with van der Waals surface area (Å²) in [5.74, 6) is 1.35. The van der Waals surface area contributed by atoms with Crippen molar-refractivity contribution in [3.05, 3.63) is 0 Å². The summed E-state index contributed by atoms with van der Waals surface area (Å²) < 4.78 is 0. The molecule has 0 saturated heterocycles.